The molecule has 2 N–H and O–H groups in total. The highest BCUT2D eigenvalue weighted by atomic mass is 31.1. The summed E-state index contributed by atoms with van der Waals surface area (Å²) in [6.45, 7) is 0. The summed E-state index contributed by atoms with van der Waals surface area (Å²) in [4.78, 5) is 5.81. The normalized spacial score (nSPS) is 24.0. The molecule has 1 heterocycles. The second-order valence-electron chi connectivity index (χ2n) is 0.558. The van der Waals surface area contributed by atoms with Crippen LogP contribution in [-0.4, -0.2) is 7.55 Å². The van der Waals surface area contributed by atoms with E-state index in [1.54, 1.807) is 0 Å². The lowest BCUT2D eigenvalue weighted by molar-refractivity contribution is 1.36. The lowest BCUT2D eigenvalue weighted by Gasteiger charge is -2.32. The standard InChI is InChI=1S/BH3N2P/c1-2-4-3-1/h2-4H/q-1. The van der Waals surface area contributed by atoms with E-state index in [0.29, 0.717) is 0 Å². The van der Waals surface area contributed by atoms with E-state index in [9.17, 15) is 0 Å². The topological polar surface area (TPSA) is 24.1 Å². The summed E-state index contributed by atoms with van der Waals surface area (Å²) in [6, 6.07) is 0. The average Bonchev–Trinajstić information content (AvgIpc) is 0.722. The lowest BCUT2D eigenvalue weighted by atomic mass is 10.3. The molecular formula is H3BN2P-. The summed E-state index contributed by atoms with van der Waals surface area (Å²) in [7, 11) is 2.58. The molecule has 0 spiro atoms. The van der Waals surface area contributed by atoms with Gasteiger partial charge in [0.25, 0.3) is 0 Å². The van der Waals surface area contributed by atoms with Gasteiger partial charge in [0.2, 0.25) is 0 Å². The highest BCUT2D eigenvalue weighted by Crippen LogP contribution is 1.96. The minimum Gasteiger partial charge on any atom is -0.510 e. The SMILES string of the molecule is [B-]1NPN1. The third-order valence-corrected chi connectivity index (χ3v) is 0.866. The quantitative estimate of drug-likeness (QED) is 0.290. The molecule has 1 aliphatic rings. The molecule has 1 aliphatic heterocycles. The molecule has 0 unspecified atom stereocenters. The van der Waals surface area contributed by atoms with E-state index in [1.165, 1.54) is 0 Å². The molecule has 0 aromatic heterocycles. The Labute approximate surface area is 27.5 Å². The van der Waals surface area contributed by atoms with E-state index in [0.717, 1.165) is 8.88 Å². The maximum absolute atomic E-state index is 2.90. The summed E-state index contributed by atoms with van der Waals surface area (Å²) in [5.41, 5.74) is 0. The van der Waals surface area contributed by atoms with E-state index in [1.807, 2.05) is 7.55 Å². The molecule has 1 fully saturated rings. The van der Waals surface area contributed by atoms with Crippen LogP contribution in [0.2, 0.25) is 0 Å². The molecule has 1 saturated heterocycles. The molecule has 0 aromatic rings. The van der Waals surface area contributed by atoms with Crippen molar-refractivity contribution in [3.05, 3.63) is 0 Å². The van der Waals surface area contributed by atoms with Crippen molar-refractivity contribution < 1.29 is 0 Å². The van der Waals surface area contributed by atoms with Crippen molar-refractivity contribution in [2.45, 2.75) is 0 Å². The van der Waals surface area contributed by atoms with E-state index in [-0.39, 0.29) is 0 Å². The first-order valence-electron chi connectivity index (χ1n) is 1.08. The Balaban J connectivity index is 2.00. The third-order valence-electron chi connectivity index (χ3n) is 0.289. The number of hydrogen-bond acceptors (Lipinski definition) is 2. The monoisotopic (exact) mass is 73.0 g/mol. The molecule has 0 saturated carbocycles. The van der Waals surface area contributed by atoms with Crippen molar-refractivity contribution in [3.63, 3.8) is 0 Å². The fourth-order valence-electron chi connectivity index (χ4n) is 0.0722. The summed E-state index contributed by atoms with van der Waals surface area (Å²) in [5, 5.41) is 0. The van der Waals surface area contributed by atoms with Gasteiger partial charge in [-0.3, -0.25) is 0 Å². The zero-order valence-corrected chi connectivity index (χ0v) is 3.08. The largest absolute Gasteiger partial charge is 0.510 e. The van der Waals surface area contributed by atoms with Crippen molar-refractivity contribution >= 4 is 16.4 Å². The summed E-state index contributed by atoms with van der Waals surface area (Å²) < 4.78 is 0. The molecule has 2 nitrogen and oxygen atoms in total. The highest BCUT2D eigenvalue weighted by Gasteiger charge is 1.70. The van der Waals surface area contributed by atoms with Crippen LogP contribution in [0.25, 0.3) is 0 Å². The second kappa shape index (κ2) is 1.02. The van der Waals surface area contributed by atoms with Crippen LogP contribution < -0.4 is 10.00 Å². The molecule has 4 heteroatoms. The van der Waals surface area contributed by atoms with Gasteiger partial charge in [-0.15, -0.1) is 7.55 Å². The Kier molecular flexibility index (Phi) is 0.675. The molecule has 0 aliphatic carbocycles. The molecule has 22 valence electrons. The summed E-state index contributed by atoms with van der Waals surface area (Å²) in [6.07, 6.45) is 0. The van der Waals surface area contributed by atoms with Crippen molar-refractivity contribution in [2.75, 3.05) is 0 Å². The van der Waals surface area contributed by atoms with Gasteiger partial charge in [-0.25, -0.2) is 0 Å². The molecule has 4 heavy (non-hydrogen) atoms. The summed E-state index contributed by atoms with van der Waals surface area (Å²) >= 11 is 0. The number of rotatable bonds is 0. The zero-order valence-electron chi connectivity index (χ0n) is 2.08. The van der Waals surface area contributed by atoms with Crippen molar-refractivity contribution in [1.82, 2.24) is 10.00 Å². The Hall–Kier alpha value is 0.415. The van der Waals surface area contributed by atoms with Gasteiger partial charge < -0.3 is 10.00 Å². The average molecular weight is 72.8 g/mol. The van der Waals surface area contributed by atoms with Crippen LogP contribution >= 0.6 is 8.88 Å². The van der Waals surface area contributed by atoms with Crippen LogP contribution in [-0.2, 0) is 0 Å². The lowest BCUT2D eigenvalue weighted by Crippen LogP contribution is -2.35. The van der Waals surface area contributed by atoms with Crippen LogP contribution in [0.4, 0.5) is 0 Å². The van der Waals surface area contributed by atoms with Gasteiger partial charge >= 0.3 is 0 Å². The van der Waals surface area contributed by atoms with E-state index in [2.05, 4.69) is 10.00 Å². The number of hydrogen-bond donors (Lipinski definition) is 2. The highest BCUT2D eigenvalue weighted by molar-refractivity contribution is 7.42. The fraction of sp³-hybridized carbons (Fsp3) is 0. The van der Waals surface area contributed by atoms with Gasteiger partial charge in [0, 0.05) is 0 Å². The first-order chi connectivity index (χ1) is 2.00. The van der Waals surface area contributed by atoms with Crippen LogP contribution in [0.5, 0.6) is 0 Å². The smallest absolute Gasteiger partial charge is 0.0692 e. The molecular weight excluding hydrogens is 69.8 g/mol. The van der Waals surface area contributed by atoms with Crippen LogP contribution in [0.3, 0.4) is 0 Å². The van der Waals surface area contributed by atoms with Crippen molar-refractivity contribution in [3.8, 4) is 0 Å². The molecule has 0 atom stereocenters. The number of nitrogens with one attached hydrogen (secondary N) is 2. The Morgan fingerprint density at radius 1 is 1.50 bits per heavy atom. The Morgan fingerprint density at radius 2 is 1.75 bits per heavy atom. The van der Waals surface area contributed by atoms with Crippen LogP contribution in [0, 0.1) is 0 Å². The van der Waals surface area contributed by atoms with Gasteiger partial charge in [0.15, 0.2) is 0 Å². The van der Waals surface area contributed by atoms with E-state index in [4.69, 9.17) is 0 Å². The molecule has 0 bridgehead atoms. The molecule has 0 amide bonds. The van der Waals surface area contributed by atoms with Crippen molar-refractivity contribution in [1.29, 1.82) is 0 Å². The first-order valence-corrected chi connectivity index (χ1v) is 2.08. The fourth-order valence-corrected chi connectivity index (χ4v) is 0.217. The predicted octanol–water partition coefficient (Wildman–Crippen LogP) is -0.778. The van der Waals surface area contributed by atoms with Gasteiger partial charge in [-0.1, -0.05) is 8.88 Å². The van der Waals surface area contributed by atoms with Gasteiger partial charge in [-0.05, 0) is 0 Å². The Bertz CT molecular complexity index is 14.0. The van der Waals surface area contributed by atoms with Gasteiger partial charge in [-0.2, -0.15) is 0 Å². The van der Waals surface area contributed by atoms with Gasteiger partial charge in [0.05, 0.1) is 0 Å². The minimum absolute atomic E-state index is 0.765. The molecule has 1 rings (SSSR count). The minimum atomic E-state index is 0.765. The van der Waals surface area contributed by atoms with Gasteiger partial charge in [0.1, 0.15) is 0 Å². The maximum atomic E-state index is 2.90. The molecule has 2 radical (unpaired) electrons. The maximum Gasteiger partial charge on any atom is -0.0692 e. The predicted molar refractivity (Wildman–Crippen MR) is 20.3 cm³/mol. The van der Waals surface area contributed by atoms with E-state index >= 15 is 0 Å². The van der Waals surface area contributed by atoms with E-state index < -0.39 is 0 Å². The van der Waals surface area contributed by atoms with Crippen LogP contribution in [0.15, 0.2) is 0 Å². The Morgan fingerprint density at radius 3 is 1.75 bits per heavy atom. The molecule has 0 aromatic carbocycles. The van der Waals surface area contributed by atoms with Crippen LogP contribution in [0.1, 0.15) is 0 Å². The second-order valence-corrected chi connectivity index (χ2v) is 1.39. The third kappa shape index (κ3) is 0.248. The summed E-state index contributed by atoms with van der Waals surface area (Å²) in [5.74, 6) is 0. The van der Waals surface area contributed by atoms with Crippen molar-refractivity contribution in [2.24, 2.45) is 0 Å². The zero-order chi connectivity index (χ0) is 2.83. The first kappa shape index (κ1) is 2.64.